The second kappa shape index (κ2) is 8.37. The summed E-state index contributed by atoms with van der Waals surface area (Å²) in [5, 5.41) is 3.31. The van der Waals surface area contributed by atoms with Gasteiger partial charge in [0, 0.05) is 30.8 Å². The van der Waals surface area contributed by atoms with Crippen molar-refractivity contribution >= 4 is 17.6 Å². The zero-order valence-corrected chi connectivity index (χ0v) is 11.9. The van der Waals surface area contributed by atoms with Gasteiger partial charge in [-0.25, -0.2) is 4.98 Å². The van der Waals surface area contributed by atoms with Crippen molar-refractivity contribution in [2.45, 2.75) is 19.1 Å². The molecule has 96 valence electrons. The molecular formula is C13H23N3S. The van der Waals surface area contributed by atoms with Gasteiger partial charge in [-0.1, -0.05) is 6.92 Å². The van der Waals surface area contributed by atoms with Crippen LogP contribution in [0.3, 0.4) is 0 Å². The lowest BCUT2D eigenvalue weighted by atomic mass is 10.3. The maximum absolute atomic E-state index is 4.30. The summed E-state index contributed by atoms with van der Waals surface area (Å²) >= 11 is 1.97. The molecule has 3 nitrogen and oxygen atoms in total. The molecule has 0 aliphatic heterocycles. The average Bonchev–Trinajstić information content (AvgIpc) is 2.32. The highest BCUT2D eigenvalue weighted by atomic mass is 32.2. The van der Waals surface area contributed by atoms with Gasteiger partial charge in [0.1, 0.15) is 5.82 Å². The number of hydrogen-bond acceptors (Lipinski definition) is 4. The fraction of sp³-hybridized carbons (Fsp3) is 0.615. The summed E-state index contributed by atoms with van der Waals surface area (Å²) in [6.07, 6.45) is 3.02. The van der Waals surface area contributed by atoms with Crippen molar-refractivity contribution < 1.29 is 0 Å². The molecule has 0 unspecified atom stereocenters. The predicted octanol–water partition coefficient (Wildman–Crippen LogP) is 2.70. The normalized spacial score (nSPS) is 10.8. The summed E-state index contributed by atoms with van der Waals surface area (Å²) in [5.41, 5.74) is 1.35. The van der Waals surface area contributed by atoms with E-state index < -0.39 is 0 Å². The third kappa shape index (κ3) is 6.54. The van der Waals surface area contributed by atoms with E-state index in [1.54, 1.807) is 0 Å². The summed E-state index contributed by atoms with van der Waals surface area (Å²) in [7, 11) is 4.22. The third-order valence-electron chi connectivity index (χ3n) is 2.33. The van der Waals surface area contributed by atoms with Crippen LogP contribution in [0.5, 0.6) is 0 Å². The maximum Gasteiger partial charge on any atom is 0.126 e. The van der Waals surface area contributed by atoms with E-state index in [4.69, 9.17) is 0 Å². The Morgan fingerprint density at radius 3 is 2.94 bits per heavy atom. The van der Waals surface area contributed by atoms with Gasteiger partial charge in [0.2, 0.25) is 0 Å². The number of anilines is 1. The van der Waals surface area contributed by atoms with Crippen molar-refractivity contribution in [3.8, 4) is 0 Å². The molecule has 0 fully saturated rings. The van der Waals surface area contributed by atoms with Crippen molar-refractivity contribution in [3.63, 3.8) is 0 Å². The van der Waals surface area contributed by atoms with Crippen molar-refractivity contribution in [3.05, 3.63) is 23.9 Å². The molecule has 0 spiro atoms. The number of aromatic nitrogens is 1. The minimum atomic E-state index is 0.990. The summed E-state index contributed by atoms with van der Waals surface area (Å²) < 4.78 is 0. The number of nitrogens with zero attached hydrogens (tertiary/aromatic N) is 2. The Bertz CT molecular complexity index is 315. The van der Waals surface area contributed by atoms with Crippen LogP contribution < -0.4 is 5.32 Å². The highest BCUT2D eigenvalue weighted by Gasteiger charge is 1.98. The predicted molar refractivity (Wildman–Crippen MR) is 77.7 cm³/mol. The minimum Gasteiger partial charge on any atom is -0.370 e. The van der Waals surface area contributed by atoms with Gasteiger partial charge in [-0.2, -0.15) is 11.8 Å². The van der Waals surface area contributed by atoms with Crippen molar-refractivity contribution in [1.29, 1.82) is 0 Å². The Labute approximate surface area is 109 Å². The summed E-state index contributed by atoms with van der Waals surface area (Å²) in [4.78, 5) is 6.52. The Hall–Kier alpha value is -0.740. The molecule has 0 radical (unpaired) electrons. The van der Waals surface area contributed by atoms with Crippen LogP contribution in [0.15, 0.2) is 18.3 Å². The van der Waals surface area contributed by atoms with Gasteiger partial charge in [0.15, 0.2) is 0 Å². The van der Waals surface area contributed by atoms with E-state index in [-0.39, 0.29) is 0 Å². The van der Waals surface area contributed by atoms with Gasteiger partial charge in [-0.15, -0.1) is 0 Å². The molecule has 1 aromatic heterocycles. The number of hydrogen-bond donors (Lipinski definition) is 1. The molecule has 4 heteroatoms. The van der Waals surface area contributed by atoms with Crippen LogP contribution in [-0.2, 0) is 5.75 Å². The zero-order valence-electron chi connectivity index (χ0n) is 11.1. The highest BCUT2D eigenvalue weighted by molar-refractivity contribution is 7.98. The molecule has 0 aliphatic rings. The lowest BCUT2D eigenvalue weighted by Gasteiger charge is -2.09. The second-order valence-corrected chi connectivity index (χ2v) is 5.44. The Morgan fingerprint density at radius 2 is 2.24 bits per heavy atom. The van der Waals surface area contributed by atoms with Crippen LogP contribution >= 0.6 is 11.8 Å². The average molecular weight is 253 g/mol. The van der Waals surface area contributed by atoms with Gasteiger partial charge in [0.05, 0.1) is 0 Å². The summed E-state index contributed by atoms with van der Waals surface area (Å²) in [6.45, 7) is 4.29. The first-order valence-electron chi connectivity index (χ1n) is 6.13. The molecule has 1 heterocycles. The molecule has 0 bridgehead atoms. The number of rotatable bonds is 8. The quantitative estimate of drug-likeness (QED) is 0.721. The van der Waals surface area contributed by atoms with Crippen molar-refractivity contribution in [2.75, 3.05) is 38.3 Å². The first-order chi connectivity index (χ1) is 8.22. The Kier molecular flexibility index (Phi) is 7.05. The molecule has 0 saturated carbocycles. The van der Waals surface area contributed by atoms with Crippen molar-refractivity contribution in [2.24, 2.45) is 0 Å². The summed E-state index contributed by atoms with van der Waals surface area (Å²) in [6, 6.07) is 4.25. The van der Waals surface area contributed by atoms with E-state index in [0.29, 0.717) is 0 Å². The summed E-state index contributed by atoms with van der Waals surface area (Å²) in [5.74, 6) is 3.24. The molecule has 0 aromatic carbocycles. The third-order valence-corrected chi connectivity index (χ3v) is 3.34. The first-order valence-corrected chi connectivity index (χ1v) is 7.29. The van der Waals surface area contributed by atoms with E-state index in [9.17, 15) is 0 Å². The van der Waals surface area contributed by atoms with Crippen LogP contribution in [0, 0.1) is 0 Å². The molecular weight excluding hydrogens is 230 g/mol. The molecule has 0 saturated heterocycles. The molecule has 17 heavy (non-hydrogen) atoms. The Balaban J connectivity index is 2.32. The number of thioether (sulfide) groups is 1. The van der Waals surface area contributed by atoms with Gasteiger partial charge < -0.3 is 10.2 Å². The standard InChI is InChI=1S/C13H23N3S/c1-4-6-14-13-10-12(5-7-15-13)11-17-9-8-16(2)3/h5,7,10H,4,6,8-9,11H2,1-3H3,(H,14,15). The smallest absolute Gasteiger partial charge is 0.126 e. The minimum absolute atomic E-state index is 0.990. The van der Waals surface area contributed by atoms with Crippen LogP contribution in [0.1, 0.15) is 18.9 Å². The van der Waals surface area contributed by atoms with Crippen LogP contribution in [-0.4, -0.2) is 42.8 Å². The number of pyridine rings is 1. The van der Waals surface area contributed by atoms with Crippen molar-refractivity contribution in [1.82, 2.24) is 9.88 Å². The van der Waals surface area contributed by atoms with E-state index in [1.807, 2.05) is 18.0 Å². The molecule has 1 rings (SSSR count). The highest BCUT2D eigenvalue weighted by Crippen LogP contribution is 2.14. The van der Waals surface area contributed by atoms with Gasteiger partial charge in [-0.05, 0) is 38.2 Å². The van der Waals surface area contributed by atoms with E-state index in [0.717, 1.165) is 31.1 Å². The van der Waals surface area contributed by atoms with Crippen LogP contribution in [0.2, 0.25) is 0 Å². The van der Waals surface area contributed by atoms with Crippen LogP contribution in [0.25, 0.3) is 0 Å². The second-order valence-electron chi connectivity index (χ2n) is 4.33. The topological polar surface area (TPSA) is 28.2 Å². The largest absolute Gasteiger partial charge is 0.370 e. The zero-order chi connectivity index (χ0) is 12.5. The van der Waals surface area contributed by atoms with Gasteiger partial charge in [0.25, 0.3) is 0 Å². The molecule has 1 N–H and O–H groups in total. The maximum atomic E-state index is 4.30. The SMILES string of the molecule is CCCNc1cc(CSCCN(C)C)ccn1. The van der Waals surface area contributed by atoms with E-state index in [2.05, 4.69) is 48.4 Å². The molecule has 0 aliphatic carbocycles. The lowest BCUT2D eigenvalue weighted by molar-refractivity contribution is 0.437. The van der Waals surface area contributed by atoms with Gasteiger partial charge >= 0.3 is 0 Å². The fourth-order valence-corrected chi connectivity index (χ4v) is 2.40. The number of nitrogens with one attached hydrogen (secondary N) is 1. The van der Waals surface area contributed by atoms with E-state index in [1.165, 1.54) is 11.3 Å². The molecule has 1 aromatic rings. The molecule has 0 amide bonds. The van der Waals surface area contributed by atoms with Crippen LogP contribution in [0.4, 0.5) is 5.82 Å². The monoisotopic (exact) mass is 253 g/mol. The first kappa shape index (κ1) is 14.3. The van der Waals surface area contributed by atoms with E-state index >= 15 is 0 Å². The fourth-order valence-electron chi connectivity index (χ4n) is 1.35. The molecule has 0 atom stereocenters. The Morgan fingerprint density at radius 1 is 1.41 bits per heavy atom. The lowest BCUT2D eigenvalue weighted by Crippen LogP contribution is -2.14. The van der Waals surface area contributed by atoms with Gasteiger partial charge in [-0.3, -0.25) is 0 Å².